The molecule has 1 fully saturated rings. The number of fused-ring (bicyclic) bond motifs is 1. The lowest BCUT2D eigenvalue weighted by Crippen LogP contribution is -2.08. The van der Waals surface area contributed by atoms with Crippen LogP contribution >= 0.6 is 11.6 Å². The van der Waals surface area contributed by atoms with Gasteiger partial charge in [-0.25, -0.2) is 0 Å². The van der Waals surface area contributed by atoms with Crippen molar-refractivity contribution in [1.82, 2.24) is 19.8 Å². The van der Waals surface area contributed by atoms with E-state index in [-0.39, 0.29) is 0 Å². The van der Waals surface area contributed by atoms with Crippen molar-refractivity contribution in [3.63, 3.8) is 0 Å². The van der Waals surface area contributed by atoms with E-state index in [0.717, 1.165) is 29.2 Å². The Bertz CT molecular complexity index is 573. The van der Waals surface area contributed by atoms with E-state index in [1.807, 2.05) is 13.8 Å². The van der Waals surface area contributed by atoms with Crippen molar-refractivity contribution in [2.45, 2.75) is 26.7 Å². The van der Waals surface area contributed by atoms with Crippen molar-refractivity contribution in [1.29, 1.82) is 0 Å². The van der Waals surface area contributed by atoms with Crippen LogP contribution in [0.3, 0.4) is 0 Å². The van der Waals surface area contributed by atoms with Crippen LogP contribution in [0, 0.1) is 19.8 Å². The van der Waals surface area contributed by atoms with E-state index in [9.17, 15) is 0 Å². The van der Waals surface area contributed by atoms with E-state index >= 15 is 0 Å². The second-order valence-electron chi connectivity index (χ2n) is 4.62. The molecule has 0 bridgehead atoms. The molecule has 0 amide bonds. The summed E-state index contributed by atoms with van der Waals surface area (Å²) >= 11 is 6.08. The third-order valence-corrected chi connectivity index (χ3v) is 3.64. The monoisotopic (exact) mass is 251 g/mol. The summed E-state index contributed by atoms with van der Waals surface area (Å²) in [6.07, 6.45) is 2.60. The summed E-state index contributed by atoms with van der Waals surface area (Å²) in [5.74, 6) is 1.46. The zero-order chi connectivity index (χ0) is 12.0. The fourth-order valence-electron chi connectivity index (χ4n) is 1.76. The summed E-state index contributed by atoms with van der Waals surface area (Å²) in [6.45, 7) is 4.86. The van der Waals surface area contributed by atoms with E-state index in [0.29, 0.717) is 11.1 Å². The first kappa shape index (κ1) is 10.8. The number of nitrogens with one attached hydrogen (secondary N) is 1. The van der Waals surface area contributed by atoms with Gasteiger partial charge in [-0.1, -0.05) is 11.6 Å². The lowest BCUT2D eigenvalue weighted by Gasteiger charge is -2.05. The molecule has 1 saturated carbocycles. The van der Waals surface area contributed by atoms with Gasteiger partial charge in [-0.3, -0.25) is 0 Å². The highest BCUT2D eigenvalue weighted by atomic mass is 35.5. The van der Waals surface area contributed by atoms with E-state index in [1.165, 1.54) is 12.8 Å². The summed E-state index contributed by atoms with van der Waals surface area (Å²) in [6, 6.07) is 0. The Morgan fingerprint density at radius 1 is 1.29 bits per heavy atom. The van der Waals surface area contributed by atoms with E-state index in [2.05, 4.69) is 20.6 Å². The SMILES string of the molecule is Cc1c(Cl)nn2c(NCC3CC3)nnc2c1C. The van der Waals surface area contributed by atoms with Gasteiger partial charge in [-0.05, 0) is 38.2 Å². The Kier molecular flexibility index (Phi) is 2.43. The Morgan fingerprint density at radius 3 is 2.76 bits per heavy atom. The maximum absolute atomic E-state index is 6.08. The molecule has 0 aliphatic heterocycles. The highest BCUT2D eigenvalue weighted by Crippen LogP contribution is 2.29. The predicted octanol–water partition coefficient (Wildman–Crippen LogP) is 2.22. The highest BCUT2D eigenvalue weighted by Gasteiger charge is 2.22. The lowest BCUT2D eigenvalue weighted by atomic mass is 10.2. The summed E-state index contributed by atoms with van der Waals surface area (Å²) in [7, 11) is 0. The minimum atomic E-state index is 0.504. The maximum Gasteiger partial charge on any atom is 0.246 e. The van der Waals surface area contributed by atoms with Crippen LogP contribution in [0.4, 0.5) is 5.95 Å². The van der Waals surface area contributed by atoms with Crippen LogP contribution in [0.25, 0.3) is 5.65 Å². The van der Waals surface area contributed by atoms with Gasteiger partial charge >= 0.3 is 0 Å². The molecule has 0 saturated heterocycles. The molecule has 3 rings (SSSR count). The third kappa shape index (κ3) is 1.84. The van der Waals surface area contributed by atoms with Gasteiger partial charge < -0.3 is 5.32 Å². The van der Waals surface area contributed by atoms with Crippen molar-refractivity contribution in [2.24, 2.45) is 5.92 Å². The molecule has 17 heavy (non-hydrogen) atoms. The van der Waals surface area contributed by atoms with Gasteiger partial charge in [-0.2, -0.15) is 9.61 Å². The number of hydrogen-bond donors (Lipinski definition) is 1. The summed E-state index contributed by atoms with van der Waals surface area (Å²) in [5.41, 5.74) is 2.75. The Hall–Kier alpha value is -1.36. The number of nitrogens with zero attached hydrogens (tertiary/aromatic N) is 4. The minimum absolute atomic E-state index is 0.504. The van der Waals surface area contributed by atoms with Gasteiger partial charge in [0.25, 0.3) is 0 Å². The van der Waals surface area contributed by atoms with Crippen molar-refractivity contribution in [2.75, 3.05) is 11.9 Å². The van der Waals surface area contributed by atoms with Crippen molar-refractivity contribution in [3.8, 4) is 0 Å². The van der Waals surface area contributed by atoms with Crippen LogP contribution in [0.1, 0.15) is 24.0 Å². The molecule has 0 unspecified atom stereocenters. The summed E-state index contributed by atoms with van der Waals surface area (Å²) < 4.78 is 1.69. The molecule has 0 aromatic carbocycles. The Labute approximate surface area is 104 Å². The van der Waals surface area contributed by atoms with E-state index < -0.39 is 0 Å². The first-order valence-electron chi connectivity index (χ1n) is 5.79. The molecule has 1 N–H and O–H groups in total. The van der Waals surface area contributed by atoms with Crippen LogP contribution < -0.4 is 5.32 Å². The molecule has 5 nitrogen and oxygen atoms in total. The quantitative estimate of drug-likeness (QED) is 0.909. The van der Waals surface area contributed by atoms with Gasteiger partial charge in [0.15, 0.2) is 10.8 Å². The van der Waals surface area contributed by atoms with Gasteiger partial charge in [0.1, 0.15) is 0 Å². The number of rotatable bonds is 3. The Morgan fingerprint density at radius 2 is 2.06 bits per heavy atom. The fraction of sp³-hybridized carbons (Fsp3) is 0.545. The number of aryl methyl sites for hydroxylation is 1. The second kappa shape index (κ2) is 3.84. The van der Waals surface area contributed by atoms with Gasteiger partial charge in [-0.15, -0.1) is 10.2 Å². The average Bonchev–Trinajstić information content (AvgIpc) is 3.06. The lowest BCUT2D eigenvalue weighted by molar-refractivity contribution is 0.845. The van der Waals surface area contributed by atoms with Crippen LogP contribution in [0.15, 0.2) is 0 Å². The van der Waals surface area contributed by atoms with Gasteiger partial charge in [0.2, 0.25) is 5.95 Å². The number of anilines is 1. The molecule has 6 heteroatoms. The van der Waals surface area contributed by atoms with Crippen LogP contribution in [-0.2, 0) is 0 Å². The molecule has 0 radical (unpaired) electrons. The molecular formula is C11H14ClN5. The summed E-state index contributed by atoms with van der Waals surface area (Å²) in [4.78, 5) is 0. The number of aromatic nitrogens is 4. The second-order valence-corrected chi connectivity index (χ2v) is 4.98. The van der Waals surface area contributed by atoms with E-state index in [4.69, 9.17) is 11.6 Å². The van der Waals surface area contributed by atoms with Crippen molar-refractivity contribution >= 4 is 23.2 Å². The third-order valence-electron chi connectivity index (χ3n) is 3.28. The zero-order valence-corrected chi connectivity index (χ0v) is 10.6. The summed E-state index contributed by atoms with van der Waals surface area (Å²) in [5, 5.41) is 16.3. The standard InChI is InChI=1S/C11H14ClN5/c1-6-7(2)10-14-15-11(13-5-8-3-4-8)17(10)16-9(6)12/h8H,3-5H2,1-2H3,(H,13,15). The number of halogens is 1. The smallest absolute Gasteiger partial charge is 0.246 e. The maximum atomic E-state index is 6.08. The largest absolute Gasteiger partial charge is 0.353 e. The number of hydrogen-bond acceptors (Lipinski definition) is 4. The van der Waals surface area contributed by atoms with Crippen LogP contribution in [0.5, 0.6) is 0 Å². The zero-order valence-electron chi connectivity index (χ0n) is 9.87. The van der Waals surface area contributed by atoms with Crippen LogP contribution in [-0.4, -0.2) is 26.4 Å². The van der Waals surface area contributed by atoms with Gasteiger partial charge in [0.05, 0.1) is 0 Å². The molecule has 90 valence electrons. The molecule has 1 aliphatic carbocycles. The molecule has 2 aromatic rings. The molecular weight excluding hydrogens is 238 g/mol. The first-order valence-corrected chi connectivity index (χ1v) is 6.16. The van der Waals surface area contributed by atoms with E-state index in [1.54, 1.807) is 4.52 Å². The van der Waals surface area contributed by atoms with Crippen molar-refractivity contribution < 1.29 is 0 Å². The molecule has 2 aromatic heterocycles. The molecule has 1 aliphatic rings. The average molecular weight is 252 g/mol. The normalized spacial score (nSPS) is 15.5. The predicted molar refractivity (Wildman–Crippen MR) is 66.5 cm³/mol. The molecule has 2 heterocycles. The molecule has 0 atom stereocenters. The molecule has 0 spiro atoms. The minimum Gasteiger partial charge on any atom is -0.353 e. The van der Waals surface area contributed by atoms with Crippen molar-refractivity contribution in [3.05, 3.63) is 16.3 Å². The Balaban J connectivity index is 2.01. The topological polar surface area (TPSA) is 55.1 Å². The highest BCUT2D eigenvalue weighted by molar-refractivity contribution is 6.30. The fourth-order valence-corrected chi connectivity index (χ4v) is 1.98. The first-order chi connectivity index (χ1) is 8.16. The van der Waals surface area contributed by atoms with Crippen LogP contribution in [0.2, 0.25) is 5.15 Å². The van der Waals surface area contributed by atoms with Gasteiger partial charge in [0, 0.05) is 12.1 Å².